The second-order valence-electron chi connectivity index (χ2n) is 7.48. The molecule has 31 heavy (non-hydrogen) atoms. The fraction of sp³-hybridized carbons (Fsp3) is 0.217. The summed E-state index contributed by atoms with van der Waals surface area (Å²) in [5.41, 5.74) is 2.15. The number of likely N-dealkylation sites (tertiary alicyclic amines) is 1. The summed E-state index contributed by atoms with van der Waals surface area (Å²) in [5, 5.41) is 16.4. The van der Waals surface area contributed by atoms with Crippen LogP contribution in [-0.2, 0) is 4.79 Å². The van der Waals surface area contributed by atoms with Crippen LogP contribution in [0, 0.1) is 23.1 Å². The summed E-state index contributed by atoms with van der Waals surface area (Å²) >= 11 is 0. The molecule has 1 saturated heterocycles. The van der Waals surface area contributed by atoms with E-state index in [-0.39, 0.29) is 36.1 Å². The molecule has 2 heterocycles. The standard InChI is InChI=1S/C23H20FN5O2/c1-28-21(30)10-16(12-26-23(31)20-5-3-2-4-15(20)11-25)22(28)17-13-27-29(14-17)19-8-6-18(24)7-9-19/h2-9,13-14,16,22H,10,12H2,1H3,(H,26,31)/t16-,22+/m0/s1. The van der Waals surface area contributed by atoms with E-state index in [2.05, 4.69) is 10.4 Å². The highest BCUT2D eigenvalue weighted by Gasteiger charge is 2.39. The number of hydrogen-bond acceptors (Lipinski definition) is 4. The minimum absolute atomic E-state index is 0.0174. The van der Waals surface area contributed by atoms with Gasteiger partial charge in [0.05, 0.1) is 35.1 Å². The molecule has 2 aromatic carbocycles. The van der Waals surface area contributed by atoms with Crippen molar-refractivity contribution in [1.82, 2.24) is 20.0 Å². The summed E-state index contributed by atoms with van der Waals surface area (Å²) in [7, 11) is 1.73. The zero-order valence-electron chi connectivity index (χ0n) is 16.8. The molecule has 4 rings (SSSR count). The normalized spacial score (nSPS) is 18.1. The van der Waals surface area contributed by atoms with Crippen LogP contribution in [0.2, 0.25) is 0 Å². The highest BCUT2D eigenvalue weighted by molar-refractivity contribution is 5.96. The average molecular weight is 417 g/mol. The Labute approximate surface area is 178 Å². The number of carbonyl (C=O) groups is 2. The molecule has 8 heteroatoms. The van der Waals surface area contributed by atoms with Gasteiger partial charge in [-0.15, -0.1) is 0 Å². The van der Waals surface area contributed by atoms with Gasteiger partial charge in [0, 0.05) is 37.7 Å². The lowest BCUT2D eigenvalue weighted by Gasteiger charge is -2.24. The van der Waals surface area contributed by atoms with Gasteiger partial charge in [0.2, 0.25) is 5.91 Å². The smallest absolute Gasteiger partial charge is 0.252 e. The van der Waals surface area contributed by atoms with Gasteiger partial charge >= 0.3 is 0 Å². The molecule has 1 fully saturated rings. The molecule has 0 spiro atoms. The zero-order valence-corrected chi connectivity index (χ0v) is 16.8. The van der Waals surface area contributed by atoms with Crippen LogP contribution < -0.4 is 5.32 Å². The minimum Gasteiger partial charge on any atom is -0.352 e. The van der Waals surface area contributed by atoms with E-state index in [1.54, 1.807) is 59.2 Å². The van der Waals surface area contributed by atoms with E-state index in [0.29, 0.717) is 23.2 Å². The summed E-state index contributed by atoms with van der Waals surface area (Å²) in [6.45, 7) is 0.279. The summed E-state index contributed by atoms with van der Waals surface area (Å²) < 4.78 is 14.8. The first kappa shape index (κ1) is 20.3. The number of carbonyl (C=O) groups excluding carboxylic acids is 2. The van der Waals surface area contributed by atoms with Crippen molar-refractivity contribution < 1.29 is 14.0 Å². The highest BCUT2D eigenvalue weighted by atomic mass is 19.1. The molecule has 0 unspecified atom stereocenters. The first-order chi connectivity index (χ1) is 15.0. The van der Waals surface area contributed by atoms with E-state index in [1.807, 2.05) is 12.3 Å². The molecular weight excluding hydrogens is 397 g/mol. The fourth-order valence-corrected chi connectivity index (χ4v) is 3.95. The maximum absolute atomic E-state index is 13.2. The van der Waals surface area contributed by atoms with Crippen LogP contribution in [-0.4, -0.2) is 40.1 Å². The average Bonchev–Trinajstić information content (AvgIpc) is 3.37. The molecule has 3 aromatic rings. The topological polar surface area (TPSA) is 91.0 Å². The monoisotopic (exact) mass is 417 g/mol. The number of nitriles is 1. The molecule has 0 bridgehead atoms. The molecule has 2 amide bonds. The SMILES string of the molecule is CN1C(=O)C[C@@H](CNC(=O)c2ccccc2C#N)[C@@H]1c1cnn(-c2ccc(F)cc2)c1. The number of nitrogens with zero attached hydrogens (tertiary/aromatic N) is 4. The third-order valence-corrected chi connectivity index (χ3v) is 5.55. The molecule has 1 aliphatic heterocycles. The predicted molar refractivity (Wildman–Crippen MR) is 111 cm³/mol. The number of aromatic nitrogens is 2. The van der Waals surface area contributed by atoms with E-state index < -0.39 is 0 Å². The van der Waals surface area contributed by atoms with E-state index in [0.717, 1.165) is 5.56 Å². The minimum atomic E-state index is -0.347. The van der Waals surface area contributed by atoms with E-state index in [1.165, 1.54) is 12.1 Å². The quantitative estimate of drug-likeness (QED) is 0.691. The largest absolute Gasteiger partial charge is 0.352 e. The van der Waals surface area contributed by atoms with Crippen LogP contribution in [0.1, 0.15) is 33.9 Å². The second kappa shape index (κ2) is 8.40. The molecule has 7 nitrogen and oxygen atoms in total. The van der Waals surface area contributed by atoms with Crippen molar-refractivity contribution in [3.8, 4) is 11.8 Å². The molecule has 0 saturated carbocycles. The molecule has 156 valence electrons. The van der Waals surface area contributed by atoms with Gasteiger partial charge < -0.3 is 10.2 Å². The predicted octanol–water partition coefficient (Wildman–Crippen LogP) is 2.83. The Morgan fingerprint density at radius 1 is 1.26 bits per heavy atom. The van der Waals surface area contributed by atoms with E-state index >= 15 is 0 Å². The van der Waals surface area contributed by atoms with Gasteiger partial charge in [-0.05, 0) is 36.4 Å². The van der Waals surface area contributed by atoms with E-state index in [4.69, 9.17) is 0 Å². The van der Waals surface area contributed by atoms with Gasteiger partial charge in [0.1, 0.15) is 5.82 Å². The number of halogens is 1. The summed E-state index contributed by atoms with van der Waals surface area (Å²) in [6.07, 6.45) is 3.79. The number of nitrogens with one attached hydrogen (secondary N) is 1. The highest BCUT2D eigenvalue weighted by Crippen LogP contribution is 2.36. The number of benzene rings is 2. The lowest BCUT2D eigenvalue weighted by atomic mass is 9.95. The number of amides is 2. The molecule has 0 aliphatic carbocycles. The Hall–Kier alpha value is -3.99. The van der Waals surface area contributed by atoms with Crippen molar-refractivity contribution in [2.24, 2.45) is 5.92 Å². The van der Waals surface area contributed by atoms with Crippen LogP contribution in [0.4, 0.5) is 4.39 Å². The molecule has 2 atom stereocenters. The molecular formula is C23H20FN5O2. The summed E-state index contributed by atoms with van der Waals surface area (Å²) in [4.78, 5) is 26.7. The molecule has 1 N–H and O–H groups in total. The van der Waals surface area contributed by atoms with Crippen molar-refractivity contribution in [1.29, 1.82) is 5.26 Å². The van der Waals surface area contributed by atoms with Gasteiger partial charge in [-0.2, -0.15) is 10.4 Å². The lowest BCUT2D eigenvalue weighted by molar-refractivity contribution is -0.127. The van der Waals surface area contributed by atoms with Crippen molar-refractivity contribution in [2.75, 3.05) is 13.6 Å². The van der Waals surface area contributed by atoms with Crippen LogP contribution in [0.15, 0.2) is 60.9 Å². The van der Waals surface area contributed by atoms with Crippen LogP contribution in [0.25, 0.3) is 5.69 Å². The van der Waals surface area contributed by atoms with Gasteiger partial charge in [-0.3, -0.25) is 9.59 Å². The lowest BCUT2D eigenvalue weighted by Crippen LogP contribution is -2.32. The molecule has 0 radical (unpaired) electrons. The second-order valence-corrected chi connectivity index (χ2v) is 7.48. The molecule has 1 aliphatic rings. The Kier molecular flexibility index (Phi) is 5.50. The third kappa shape index (κ3) is 4.03. The van der Waals surface area contributed by atoms with Crippen molar-refractivity contribution >= 4 is 11.8 Å². The maximum Gasteiger partial charge on any atom is 0.252 e. The fourth-order valence-electron chi connectivity index (χ4n) is 3.95. The van der Waals surface area contributed by atoms with Crippen LogP contribution in [0.5, 0.6) is 0 Å². The van der Waals surface area contributed by atoms with Crippen molar-refractivity contribution in [3.63, 3.8) is 0 Å². The van der Waals surface area contributed by atoms with Crippen molar-refractivity contribution in [2.45, 2.75) is 12.5 Å². The summed E-state index contributed by atoms with van der Waals surface area (Å²) in [5.74, 6) is -0.844. The molecule has 1 aromatic heterocycles. The van der Waals surface area contributed by atoms with Crippen LogP contribution in [0.3, 0.4) is 0 Å². The van der Waals surface area contributed by atoms with Gasteiger partial charge in [-0.1, -0.05) is 12.1 Å². The Morgan fingerprint density at radius 3 is 2.74 bits per heavy atom. The Bertz CT molecular complexity index is 1170. The van der Waals surface area contributed by atoms with Gasteiger partial charge in [0.25, 0.3) is 5.91 Å². The summed E-state index contributed by atoms with van der Waals surface area (Å²) in [6, 6.07) is 14.3. The van der Waals surface area contributed by atoms with Gasteiger partial charge in [0.15, 0.2) is 0 Å². The number of hydrogen-bond donors (Lipinski definition) is 1. The third-order valence-electron chi connectivity index (χ3n) is 5.55. The van der Waals surface area contributed by atoms with E-state index in [9.17, 15) is 19.2 Å². The van der Waals surface area contributed by atoms with Crippen molar-refractivity contribution in [3.05, 3.63) is 83.4 Å². The Morgan fingerprint density at radius 2 is 2.00 bits per heavy atom. The number of rotatable bonds is 5. The zero-order chi connectivity index (χ0) is 22.0. The first-order valence-electron chi connectivity index (χ1n) is 9.81. The van der Waals surface area contributed by atoms with Crippen LogP contribution >= 0.6 is 0 Å². The van der Waals surface area contributed by atoms with Gasteiger partial charge in [-0.25, -0.2) is 9.07 Å². The Balaban J connectivity index is 1.52. The first-order valence-corrected chi connectivity index (χ1v) is 9.81. The maximum atomic E-state index is 13.2.